The van der Waals surface area contributed by atoms with E-state index in [1.54, 1.807) is 0 Å². The second-order valence-electron chi connectivity index (χ2n) is 3.71. The number of unbranched alkanes of at least 4 members (excludes halogenated alkanes) is 2. The zero-order valence-electron chi connectivity index (χ0n) is 10.0. The number of hydrogen-bond donors (Lipinski definition) is 1. The standard InChI is InChI=1S/C11H26N2S/c1-4-12-8-6-5-7-9-13(2)10-11-14-3/h12H,4-11H2,1-3H3. The third kappa shape index (κ3) is 10.4. The highest BCUT2D eigenvalue weighted by Gasteiger charge is 1.96. The summed E-state index contributed by atoms with van der Waals surface area (Å²) in [5.41, 5.74) is 0. The van der Waals surface area contributed by atoms with Gasteiger partial charge in [0.15, 0.2) is 0 Å². The Balaban J connectivity index is 3.02. The normalized spacial score (nSPS) is 11.1. The van der Waals surface area contributed by atoms with Crippen molar-refractivity contribution in [2.75, 3.05) is 45.2 Å². The lowest BCUT2D eigenvalue weighted by molar-refractivity contribution is 0.344. The van der Waals surface area contributed by atoms with E-state index in [0.717, 1.165) is 6.54 Å². The minimum absolute atomic E-state index is 1.10. The van der Waals surface area contributed by atoms with Gasteiger partial charge in [-0.15, -0.1) is 0 Å². The van der Waals surface area contributed by atoms with Crippen molar-refractivity contribution in [3.8, 4) is 0 Å². The molecule has 1 N–H and O–H groups in total. The van der Waals surface area contributed by atoms with E-state index in [0.29, 0.717) is 0 Å². The predicted octanol–water partition coefficient (Wildman–Crippen LogP) is 2.06. The summed E-state index contributed by atoms with van der Waals surface area (Å²) < 4.78 is 0. The molecule has 0 aromatic heterocycles. The lowest BCUT2D eigenvalue weighted by Gasteiger charge is -2.15. The largest absolute Gasteiger partial charge is 0.317 e. The van der Waals surface area contributed by atoms with Gasteiger partial charge in [-0.25, -0.2) is 0 Å². The molecule has 0 aliphatic carbocycles. The molecule has 0 radical (unpaired) electrons. The maximum Gasteiger partial charge on any atom is 0.00692 e. The second-order valence-corrected chi connectivity index (χ2v) is 4.70. The van der Waals surface area contributed by atoms with E-state index >= 15 is 0 Å². The second kappa shape index (κ2) is 11.3. The van der Waals surface area contributed by atoms with Crippen LogP contribution in [0.2, 0.25) is 0 Å². The molecule has 86 valence electrons. The Labute approximate surface area is 93.8 Å². The molecule has 0 saturated heterocycles. The molecular formula is C11H26N2S. The molecule has 0 rings (SSSR count). The van der Waals surface area contributed by atoms with E-state index in [-0.39, 0.29) is 0 Å². The molecule has 0 aromatic carbocycles. The quantitative estimate of drug-likeness (QED) is 0.565. The molecule has 0 aliphatic heterocycles. The van der Waals surface area contributed by atoms with Crippen molar-refractivity contribution in [1.82, 2.24) is 10.2 Å². The predicted molar refractivity (Wildman–Crippen MR) is 68.3 cm³/mol. The Morgan fingerprint density at radius 2 is 1.93 bits per heavy atom. The topological polar surface area (TPSA) is 15.3 Å². The lowest BCUT2D eigenvalue weighted by Crippen LogP contribution is -2.22. The summed E-state index contributed by atoms with van der Waals surface area (Å²) in [6, 6.07) is 0. The monoisotopic (exact) mass is 218 g/mol. The summed E-state index contributed by atoms with van der Waals surface area (Å²) in [4.78, 5) is 2.43. The summed E-state index contributed by atoms with van der Waals surface area (Å²) in [5, 5.41) is 3.35. The van der Waals surface area contributed by atoms with Crippen molar-refractivity contribution < 1.29 is 0 Å². The van der Waals surface area contributed by atoms with E-state index in [1.807, 2.05) is 11.8 Å². The van der Waals surface area contributed by atoms with Crippen LogP contribution in [0.1, 0.15) is 26.2 Å². The Morgan fingerprint density at radius 1 is 1.14 bits per heavy atom. The molecule has 14 heavy (non-hydrogen) atoms. The van der Waals surface area contributed by atoms with Gasteiger partial charge in [0.2, 0.25) is 0 Å². The van der Waals surface area contributed by atoms with Gasteiger partial charge in [0.05, 0.1) is 0 Å². The summed E-state index contributed by atoms with van der Waals surface area (Å²) >= 11 is 1.93. The van der Waals surface area contributed by atoms with Gasteiger partial charge >= 0.3 is 0 Å². The third-order valence-electron chi connectivity index (χ3n) is 2.32. The van der Waals surface area contributed by atoms with Crippen molar-refractivity contribution in [3.05, 3.63) is 0 Å². The number of nitrogens with zero attached hydrogens (tertiary/aromatic N) is 1. The maximum atomic E-state index is 3.35. The Morgan fingerprint density at radius 3 is 2.57 bits per heavy atom. The minimum atomic E-state index is 1.10. The number of nitrogens with one attached hydrogen (secondary N) is 1. The molecule has 0 atom stereocenters. The first-order valence-corrected chi connectivity index (χ1v) is 7.08. The van der Waals surface area contributed by atoms with Gasteiger partial charge in [-0.1, -0.05) is 13.3 Å². The molecule has 0 fully saturated rings. The fraction of sp³-hybridized carbons (Fsp3) is 1.00. The zero-order valence-corrected chi connectivity index (χ0v) is 10.8. The van der Waals surface area contributed by atoms with Gasteiger partial charge in [0.25, 0.3) is 0 Å². The average molecular weight is 218 g/mol. The van der Waals surface area contributed by atoms with Crippen molar-refractivity contribution in [2.24, 2.45) is 0 Å². The average Bonchev–Trinajstić information content (AvgIpc) is 2.20. The highest BCUT2D eigenvalue weighted by Crippen LogP contribution is 1.98. The SMILES string of the molecule is CCNCCCCCN(C)CCSC. The van der Waals surface area contributed by atoms with Crippen LogP contribution < -0.4 is 5.32 Å². The van der Waals surface area contributed by atoms with Gasteiger partial charge in [0.1, 0.15) is 0 Å². The molecule has 0 spiro atoms. The van der Waals surface area contributed by atoms with Gasteiger partial charge in [0, 0.05) is 12.3 Å². The molecule has 0 amide bonds. The highest BCUT2D eigenvalue weighted by molar-refractivity contribution is 7.98. The number of rotatable bonds is 10. The van der Waals surface area contributed by atoms with E-state index < -0.39 is 0 Å². The molecule has 0 unspecified atom stereocenters. The lowest BCUT2D eigenvalue weighted by atomic mass is 10.2. The molecule has 0 aliphatic rings. The van der Waals surface area contributed by atoms with Crippen LogP contribution in [0, 0.1) is 0 Å². The summed E-state index contributed by atoms with van der Waals surface area (Å²) in [7, 11) is 2.22. The first-order valence-electron chi connectivity index (χ1n) is 5.69. The van der Waals surface area contributed by atoms with E-state index in [2.05, 4.69) is 30.4 Å². The highest BCUT2D eigenvalue weighted by atomic mass is 32.2. The van der Waals surface area contributed by atoms with Crippen LogP contribution in [0.3, 0.4) is 0 Å². The van der Waals surface area contributed by atoms with Crippen LogP contribution in [0.5, 0.6) is 0 Å². The fourth-order valence-corrected chi connectivity index (χ4v) is 1.84. The molecule has 0 aromatic rings. The van der Waals surface area contributed by atoms with Crippen LogP contribution in [-0.4, -0.2) is 50.1 Å². The first-order chi connectivity index (χ1) is 6.81. The van der Waals surface area contributed by atoms with Crippen molar-refractivity contribution in [2.45, 2.75) is 26.2 Å². The third-order valence-corrected chi connectivity index (χ3v) is 2.91. The van der Waals surface area contributed by atoms with Crippen molar-refractivity contribution in [3.63, 3.8) is 0 Å². The van der Waals surface area contributed by atoms with Crippen LogP contribution in [-0.2, 0) is 0 Å². The molecule has 0 bridgehead atoms. The van der Waals surface area contributed by atoms with Crippen LogP contribution in [0.4, 0.5) is 0 Å². The smallest absolute Gasteiger partial charge is 0.00692 e. The van der Waals surface area contributed by atoms with Gasteiger partial charge in [-0.3, -0.25) is 0 Å². The molecule has 0 saturated carbocycles. The van der Waals surface area contributed by atoms with Crippen LogP contribution in [0.15, 0.2) is 0 Å². The number of hydrogen-bond acceptors (Lipinski definition) is 3. The molecule has 0 heterocycles. The van der Waals surface area contributed by atoms with Gasteiger partial charge in [-0.05, 0) is 45.8 Å². The fourth-order valence-electron chi connectivity index (χ4n) is 1.34. The van der Waals surface area contributed by atoms with E-state index in [9.17, 15) is 0 Å². The molecule has 3 heteroatoms. The summed E-state index contributed by atoms with van der Waals surface area (Å²) in [6.07, 6.45) is 6.20. The van der Waals surface area contributed by atoms with Gasteiger partial charge < -0.3 is 10.2 Å². The Bertz CT molecular complexity index is 109. The van der Waals surface area contributed by atoms with E-state index in [4.69, 9.17) is 0 Å². The summed E-state index contributed by atoms with van der Waals surface area (Å²) in [5.74, 6) is 1.26. The van der Waals surface area contributed by atoms with Crippen molar-refractivity contribution in [1.29, 1.82) is 0 Å². The Kier molecular flexibility index (Phi) is 11.6. The first kappa shape index (κ1) is 14.3. The zero-order chi connectivity index (χ0) is 10.6. The van der Waals surface area contributed by atoms with Crippen LogP contribution >= 0.6 is 11.8 Å². The van der Waals surface area contributed by atoms with Gasteiger partial charge in [-0.2, -0.15) is 11.8 Å². The Hall–Kier alpha value is 0.270. The van der Waals surface area contributed by atoms with Crippen molar-refractivity contribution >= 4 is 11.8 Å². The summed E-state index contributed by atoms with van der Waals surface area (Å²) in [6.45, 7) is 6.94. The van der Waals surface area contributed by atoms with Crippen LogP contribution in [0.25, 0.3) is 0 Å². The molecular weight excluding hydrogens is 192 g/mol. The maximum absolute atomic E-state index is 3.35. The molecule has 2 nitrogen and oxygen atoms in total. The number of thioether (sulfide) groups is 1. The van der Waals surface area contributed by atoms with E-state index in [1.165, 1.54) is 44.6 Å². The minimum Gasteiger partial charge on any atom is -0.317 e.